The molecular formula is C22H29ClN6O3S. The smallest absolute Gasteiger partial charge is 0.239 e. The van der Waals surface area contributed by atoms with Gasteiger partial charge in [-0.05, 0) is 36.9 Å². The number of benzene rings is 1. The highest BCUT2D eigenvalue weighted by molar-refractivity contribution is 8.01. The maximum Gasteiger partial charge on any atom is 0.239 e. The number of nitrogens with zero attached hydrogens (tertiary/aromatic N) is 5. The zero-order chi connectivity index (χ0) is 23.8. The van der Waals surface area contributed by atoms with E-state index < -0.39 is 0 Å². The number of nitrogens with one attached hydrogen (secondary N) is 1. The zero-order valence-electron chi connectivity index (χ0n) is 19.2. The molecule has 0 radical (unpaired) electrons. The molecule has 2 atom stereocenters. The molecule has 3 rings (SSSR count). The average molecular weight is 493 g/mol. The summed E-state index contributed by atoms with van der Waals surface area (Å²) in [6.45, 7) is 4.29. The van der Waals surface area contributed by atoms with Crippen molar-refractivity contribution < 1.29 is 14.6 Å². The summed E-state index contributed by atoms with van der Waals surface area (Å²) in [7, 11) is 3.23. The van der Waals surface area contributed by atoms with E-state index in [-0.39, 0.29) is 17.8 Å². The van der Waals surface area contributed by atoms with E-state index in [1.54, 1.807) is 26.6 Å². The minimum absolute atomic E-state index is 0.0703. The summed E-state index contributed by atoms with van der Waals surface area (Å²) in [5.74, 6) is 3.37. The second-order valence-corrected chi connectivity index (χ2v) is 9.06. The van der Waals surface area contributed by atoms with Gasteiger partial charge in [-0.2, -0.15) is 0 Å². The Morgan fingerprint density at radius 2 is 1.76 bits per heavy atom. The highest BCUT2D eigenvalue weighted by atomic mass is 35.5. The zero-order valence-corrected chi connectivity index (χ0v) is 20.7. The fourth-order valence-corrected chi connectivity index (χ4v) is 4.09. The first-order valence-electron chi connectivity index (χ1n) is 10.7. The number of anilines is 1. The van der Waals surface area contributed by atoms with Crippen LogP contribution < -0.4 is 14.2 Å². The van der Waals surface area contributed by atoms with Crippen molar-refractivity contribution in [3.63, 3.8) is 0 Å². The van der Waals surface area contributed by atoms with Gasteiger partial charge >= 0.3 is 0 Å². The number of hydrogen-bond donors (Lipinski definition) is 2. The Balaban J connectivity index is 1.89. The standard InChI is InChI=1S/C22H29ClN6O3S/c1-14(21-24-12-16(23)13-25-21)15(2)33-28-22-27-26-19(10-5-6-11-30)29(22)20-17(31-3)8-7-9-18(20)32-4/h7-9,12-15,30H,5-6,10-11H2,1-4H3,(H,27,28)/t14-,15?/m0/s1. The number of halogens is 1. The van der Waals surface area contributed by atoms with Crippen molar-refractivity contribution >= 4 is 29.5 Å². The van der Waals surface area contributed by atoms with E-state index >= 15 is 0 Å². The molecule has 11 heteroatoms. The van der Waals surface area contributed by atoms with Crippen molar-refractivity contribution in [2.24, 2.45) is 0 Å². The summed E-state index contributed by atoms with van der Waals surface area (Å²) >= 11 is 7.42. The van der Waals surface area contributed by atoms with E-state index in [4.69, 9.17) is 21.1 Å². The number of methoxy groups -OCH3 is 2. The van der Waals surface area contributed by atoms with Gasteiger partial charge < -0.3 is 14.6 Å². The molecule has 0 aliphatic heterocycles. The highest BCUT2D eigenvalue weighted by Crippen LogP contribution is 2.36. The number of aryl methyl sites for hydroxylation is 1. The normalized spacial score (nSPS) is 12.9. The molecule has 178 valence electrons. The Bertz CT molecular complexity index is 1010. The molecule has 0 fully saturated rings. The van der Waals surface area contributed by atoms with Crippen molar-refractivity contribution in [3.8, 4) is 17.2 Å². The van der Waals surface area contributed by atoms with Gasteiger partial charge in [0.25, 0.3) is 0 Å². The Kier molecular flexibility index (Phi) is 9.16. The van der Waals surface area contributed by atoms with Crippen LogP contribution in [-0.2, 0) is 6.42 Å². The second-order valence-electron chi connectivity index (χ2n) is 7.44. The van der Waals surface area contributed by atoms with Crippen LogP contribution in [0.2, 0.25) is 5.02 Å². The number of aromatic nitrogens is 5. The lowest BCUT2D eigenvalue weighted by Gasteiger charge is -2.20. The third-order valence-electron chi connectivity index (χ3n) is 5.25. The van der Waals surface area contributed by atoms with Crippen LogP contribution in [0.3, 0.4) is 0 Å². The van der Waals surface area contributed by atoms with E-state index in [9.17, 15) is 5.11 Å². The van der Waals surface area contributed by atoms with Gasteiger partial charge in [0.2, 0.25) is 5.95 Å². The molecule has 2 aromatic heterocycles. The molecule has 2 N–H and O–H groups in total. The molecule has 2 heterocycles. The molecule has 0 bridgehead atoms. The van der Waals surface area contributed by atoms with Gasteiger partial charge in [-0.1, -0.05) is 31.5 Å². The van der Waals surface area contributed by atoms with E-state index in [0.717, 1.165) is 23.8 Å². The van der Waals surface area contributed by atoms with Crippen molar-refractivity contribution in [2.75, 3.05) is 25.5 Å². The minimum atomic E-state index is 0.0703. The Morgan fingerprint density at radius 3 is 2.36 bits per heavy atom. The summed E-state index contributed by atoms with van der Waals surface area (Å²) in [4.78, 5) is 8.68. The third kappa shape index (κ3) is 6.07. The second kappa shape index (κ2) is 12.1. The number of ether oxygens (including phenoxy) is 2. The molecule has 0 amide bonds. The summed E-state index contributed by atoms with van der Waals surface area (Å²) < 4.78 is 16.5. The molecule has 1 unspecified atom stereocenters. The highest BCUT2D eigenvalue weighted by Gasteiger charge is 2.23. The molecular weight excluding hydrogens is 464 g/mol. The van der Waals surface area contributed by atoms with Crippen LogP contribution in [0.1, 0.15) is 44.3 Å². The number of rotatable bonds is 12. The predicted molar refractivity (Wildman–Crippen MR) is 131 cm³/mol. The van der Waals surface area contributed by atoms with Crippen molar-refractivity contribution in [3.05, 3.63) is 47.3 Å². The SMILES string of the molecule is COc1cccc(OC)c1-n1c(CCCCO)nnc1NSC(C)[C@H](C)c1ncc(Cl)cn1. The van der Waals surface area contributed by atoms with Crippen LogP contribution >= 0.6 is 23.5 Å². The molecule has 3 aromatic rings. The van der Waals surface area contributed by atoms with Gasteiger partial charge in [0.1, 0.15) is 28.8 Å². The summed E-state index contributed by atoms with van der Waals surface area (Å²) in [6.07, 6.45) is 5.32. The van der Waals surface area contributed by atoms with Crippen LogP contribution in [0.25, 0.3) is 5.69 Å². The fraction of sp³-hybridized carbons (Fsp3) is 0.455. The number of aliphatic hydroxyl groups excluding tert-OH is 1. The van der Waals surface area contributed by atoms with Crippen molar-refractivity contribution in [2.45, 2.75) is 44.3 Å². The quantitative estimate of drug-likeness (QED) is 0.282. The molecule has 0 aliphatic rings. The molecule has 0 spiro atoms. The largest absolute Gasteiger partial charge is 0.494 e. The maximum atomic E-state index is 9.19. The van der Waals surface area contributed by atoms with Crippen LogP contribution in [0.15, 0.2) is 30.6 Å². The molecule has 0 aliphatic carbocycles. The van der Waals surface area contributed by atoms with E-state index in [0.29, 0.717) is 35.3 Å². The van der Waals surface area contributed by atoms with Gasteiger partial charge in [-0.3, -0.25) is 9.29 Å². The monoisotopic (exact) mass is 492 g/mol. The molecule has 33 heavy (non-hydrogen) atoms. The van der Waals surface area contributed by atoms with Crippen molar-refractivity contribution in [1.82, 2.24) is 24.7 Å². The van der Waals surface area contributed by atoms with Gasteiger partial charge in [0, 0.05) is 36.6 Å². The fourth-order valence-electron chi connectivity index (χ4n) is 3.24. The van der Waals surface area contributed by atoms with Crippen LogP contribution in [0.5, 0.6) is 11.5 Å². The van der Waals surface area contributed by atoms with Crippen molar-refractivity contribution in [1.29, 1.82) is 0 Å². The summed E-state index contributed by atoms with van der Waals surface area (Å²) in [5.41, 5.74) is 0.719. The topological polar surface area (TPSA) is 107 Å². The van der Waals surface area contributed by atoms with Crippen LogP contribution in [0, 0.1) is 0 Å². The lowest BCUT2D eigenvalue weighted by atomic mass is 10.1. The minimum Gasteiger partial charge on any atom is -0.494 e. The van der Waals surface area contributed by atoms with E-state index in [1.807, 2.05) is 22.8 Å². The molecule has 0 saturated heterocycles. The van der Waals surface area contributed by atoms with Gasteiger partial charge in [0.15, 0.2) is 0 Å². The Hall–Kier alpha value is -2.56. The first-order valence-corrected chi connectivity index (χ1v) is 11.9. The lowest BCUT2D eigenvalue weighted by Crippen LogP contribution is -2.15. The van der Waals surface area contributed by atoms with Gasteiger partial charge in [0.05, 0.1) is 19.2 Å². The maximum absolute atomic E-state index is 9.19. The molecule has 1 aromatic carbocycles. The van der Waals surface area contributed by atoms with E-state index in [1.165, 1.54) is 11.9 Å². The molecule has 9 nitrogen and oxygen atoms in total. The third-order valence-corrected chi connectivity index (χ3v) is 6.53. The number of hydrogen-bond acceptors (Lipinski definition) is 9. The lowest BCUT2D eigenvalue weighted by molar-refractivity contribution is 0.284. The van der Waals surface area contributed by atoms with Crippen LogP contribution in [0.4, 0.5) is 5.95 Å². The number of unbranched alkanes of at least 4 members (excludes halogenated alkanes) is 1. The Morgan fingerprint density at radius 1 is 1.09 bits per heavy atom. The average Bonchev–Trinajstić information content (AvgIpc) is 3.24. The van der Waals surface area contributed by atoms with Crippen LogP contribution in [-0.4, -0.2) is 55.9 Å². The first kappa shape index (κ1) is 25.1. The number of para-hydroxylation sites is 1. The van der Waals surface area contributed by atoms with Gasteiger partial charge in [-0.15, -0.1) is 10.2 Å². The number of aliphatic hydroxyl groups is 1. The first-order chi connectivity index (χ1) is 16.0. The molecule has 0 saturated carbocycles. The van der Waals surface area contributed by atoms with Gasteiger partial charge in [-0.25, -0.2) is 9.97 Å². The van der Waals surface area contributed by atoms with E-state index in [2.05, 4.69) is 38.7 Å². The summed E-state index contributed by atoms with van der Waals surface area (Å²) in [5, 5.41) is 18.6. The summed E-state index contributed by atoms with van der Waals surface area (Å²) in [6, 6.07) is 5.61. The predicted octanol–water partition coefficient (Wildman–Crippen LogP) is 4.30. The Labute approximate surface area is 203 Å².